The number of nitro groups is 1. The molecular weight excluding hydrogens is 374 g/mol. The highest BCUT2D eigenvalue weighted by molar-refractivity contribution is 6.03. The van der Waals surface area contributed by atoms with Crippen LogP contribution in [0, 0.1) is 17.0 Å². The van der Waals surface area contributed by atoms with E-state index in [-0.39, 0.29) is 11.4 Å². The van der Waals surface area contributed by atoms with Crippen molar-refractivity contribution in [2.24, 2.45) is 0 Å². The summed E-state index contributed by atoms with van der Waals surface area (Å²) in [5.41, 5.74) is 2.15. The summed E-state index contributed by atoms with van der Waals surface area (Å²) in [5.74, 6) is 0.431. The third-order valence-electron chi connectivity index (χ3n) is 4.18. The van der Waals surface area contributed by atoms with E-state index in [9.17, 15) is 14.9 Å². The molecule has 9 heteroatoms. The summed E-state index contributed by atoms with van der Waals surface area (Å²) in [5, 5.41) is 21.8. The van der Waals surface area contributed by atoms with Gasteiger partial charge in [-0.15, -0.1) is 0 Å². The summed E-state index contributed by atoms with van der Waals surface area (Å²) in [4.78, 5) is 23.0. The topological polar surface area (TPSA) is 116 Å². The number of benzene rings is 2. The zero-order valence-corrected chi connectivity index (χ0v) is 15.3. The molecule has 0 spiro atoms. The van der Waals surface area contributed by atoms with Crippen molar-refractivity contribution in [3.63, 3.8) is 0 Å². The largest absolute Gasteiger partial charge is 0.355 e. The smallest absolute Gasteiger partial charge is 0.279 e. The number of nitro benzene ring substituents is 1. The van der Waals surface area contributed by atoms with Gasteiger partial charge in [-0.1, -0.05) is 35.5 Å². The highest BCUT2D eigenvalue weighted by Crippen LogP contribution is 2.22. The Morgan fingerprint density at radius 3 is 2.52 bits per heavy atom. The molecule has 0 aliphatic rings. The van der Waals surface area contributed by atoms with Gasteiger partial charge in [-0.05, 0) is 19.1 Å². The van der Waals surface area contributed by atoms with Crippen LogP contribution in [0.2, 0.25) is 0 Å². The Kier molecular flexibility index (Phi) is 4.62. The van der Waals surface area contributed by atoms with E-state index in [1.165, 1.54) is 16.8 Å². The quantitative estimate of drug-likeness (QED) is 0.407. The number of aryl methyl sites for hydroxylation is 1. The monoisotopic (exact) mass is 389 g/mol. The maximum absolute atomic E-state index is 12.6. The van der Waals surface area contributed by atoms with E-state index in [4.69, 9.17) is 4.52 Å². The molecule has 0 saturated heterocycles. The molecule has 4 rings (SSSR count). The summed E-state index contributed by atoms with van der Waals surface area (Å²) in [6.45, 7) is 1.78. The first-order valence-electron chi connectivity index (χ1n) is 8.66. The lowest BCUT2D eigenvalue weighted by Gasteiger charge is -2.07. The van der Waals surface area contributed by atoms with Crippen molar-refractivity contribution < 1.29 is 14.2 Å². The van der Waals surface area contributed by atoms with E-state index >= 15 is 0 Å². The van der Waals surface area contributed by atoms with Gasteiger partial charge in [-0.25, -0.2) is 4.68 Å². The van der Waals surface area contributed by atoms with Crippen LogP contribution < -0.4 is 5.32 Å². The Morgan fingerprint density at radius 2 is 1.83 bits per heavy atom. The van der Waals surface area contributed by atoms with Crippen LogP contribution in [0.25, 0.3) is 17.0 Å². The number of hydrogen-bond acceptors (Lipinski definition) is 6. The molecule has 0 bridgehead atoms. The SMILES string of the molecule is Cc1cc(NC(=O)c2cc(-c3ccccc3)on2)n(-c2ccc([N+](=O)[O-])cc2)n1. The number of anilines is 1. The molecule has 144 valence electrons. The molecule has 9 nitrogen and oxygen atoms in total. The average Bonchev–Trinajstić information content (AvgIpc) is 3.36. The Bertz CT molecular complexity index is 1180. The molecule has 0 atom stereocenters. The Labute approximate surface area is 164 Å². The van der Waals surface area contributed by atoms with Crippen molar-refractivity contribution >= 4 is 17.4 Å². The number of nitrogens with zero attached hydrogens (tertiary/aromatic N) is 4. The Morgan fingerprint density at radius 1 is 1.10 bits per heavy atom. The van der Waals surface area contributed by atoms with Gasteiger partial charge in [0, 0.05) is 29.8 Å². The lowest BCUT2D eigenvalue weighted by Crippen LogP contribution is -2.15. The van der Waals surface area contributed by atoms with Crippen LogP contribution in [0.4, 0.5) is 11.5 Å². The van der Waals surface area contributed by atoms with Crippen molar-refractivity contribution in [3.05, 3.63) is 88.2 Å². The summed E-state index contributed by atoms with van der Waals surface area (Å²) < 4.78 is 6.76. The fraction of sp³-hybridized carbons (Fsp3) is 0.0500. The molecule has 1 amide bonds. The van der Waals surface area contributed by atoms with Gasteiger partial charge in [0.15, 0.2) is 11.5 Å². The van der Waals surface area contributed by atoms with Crippen LogP contribution in [0.1, 0.15) is 16.2 Å². The highest BCUT2D eigenvalue weighted by atomic mass is 16.6. The fourth-order valence-electron chi connectivity index (χ4n) is 2.80. The minimum absolute atomic E-state index is 0.0285. The summed E-state index contributed by atoms with van der Waals surface area (Å²) in [7, 11) is 0. The zero-order chi connectivity index (χ0) is 20.4. The van der Waals surface area contributed by atoms with Crippen LogP contribution in [-0.2, 0) is 0 Å². The van der Waals surface area contributed by atoms with Crippen molar-refractivity contribution in [1.29, 1.82) is 0 Å². The number of hydrogen-bond donors (Lipinski definition) is 1. The summed E-state index contributed by atoms with van der Waals surface area (Å²) >= 11 is 0. The molecule has 0 saturated carbocycles. The van der Waals surface area contributed by atoms with Gasteiger partial charge < -0.3 is 9.84 Å². The van der Waals surface area contributed by atoms with Crippen molar-refractivity contribution in [2.45, 2.75) is 6.92 Å². The van der Waals surface area contributed by atoms with Crippen LogP contribution >= 0.6 is 0 Å². The number of aromatic nitrogens is 3. The minimum Gasteiger partial charge on any atom is -0.355 e. The van der Waals surface area contributed by atoms with Gasteiger partial charge in [0.05, 0.1) is 16.3 Å². The molecule has 0 aliphatic carbocycles. The molecule has 29 heavy (non-hydrogen) atoms. The fourth-order valence-corrected chi connectivity index (χ4v) is 2.80. The van der Waals surface area contributed by atoms with Gasteiger partial charge in [0.2, 0.25) is 0 Å². The number of nitrogens with one attached hydrogen (secondary N) is 1. The minimum atomic E-state index is -0.476. The van der Waals surface area contributed by atoms with Gasteiger partial charge in [0.25, 0.3) is 11.6 Å². The highest BCUT2D eigenvalue weighted by Gasteiger charge is 2.17. The second kappa shape index (κ2) is 7.39. The van der Waals surface area contributed by atoms with E-state index in [0.29, 0.717) is 23.0 Å². The first kappa shape index (κ1) is 18.1. The molecule has 2 aromatic heterocycles. The molecule has 2 aromatic carbocycles. The third kappa shape index (κ3) is 3.74. The Balaban J connectivity index is 1.58. The third-order valence-corrected chi connectivity index (χ3v) is 4.18. The number of non-ortho nitro benzene ring substituents is 1. The van der Waals surface area contributed by atoms with Crippen LogP contribution in [-0.4, -0.2) is 25.8 Å². The van der Waals surface area contributed by atoms with E-state index in [1.807, 2.05) is 30.3 Å². The van der Waals surface area contributed by atoms with Crippen molar-refractivity contribution in [1.82, 2.24) is 14.9 Å². The average molecular weight is 389 g/mol. The van der Waals surface area contributed by atoms with Crippen molar-refractivity contribution in [2.75, 3.05) is 5.32 Å². The normalized spacial score (nSPS) is 10.7. The standard InChI is InChI=1S/C20H15N5O4/c1-13-11-19(24(22-13)15-7-9-16(10-8-15)25(27)28)21-20(26)17-12-18(29-23-17)14-5-3-2-4-6-14/h2-12H,1H3,(H,21,26). The molecule has 0 aliphatic heterocycles. The number of rotatable bonds is 5. The van der Waals surface area contributed by atoms with Crippen molar-refractivity contribution in [3.8, 4) is 17.0 Å². The van der Waals surface area contributed by atoms with E-state index in [1.54, 1.807) is 31.2 Å². The predicted octanol–water partition coefficient (Wildman–Crippen LogP) is 4.00. The van der Waals surface area contributed by atoms with Gasteiger partial charge >= 0.3 is 0 Å². The van der Waals surface area contributed by atoms with E-state index in [2.05, 4.69) is 15.6 Å². The maximum atomic E-state index is 12.6. The summed E-state index contributed by atoms with van der Waals surface area (Å²) in [6.07, 6.45) is 0. The first-order chi connectivity index (χ1) is 14.0. The molecule has 0 radical (unpaired) electrons. The molecule has 0 unspecified atom stereocenters. The second-order valence-electron chi connectivity index (χ2n) is 6.25. The van der Waals surface area contributed by atoms with Crippen LogP contribution in [0.5, 0.6) is 0 Å². The molecule has 2 heterocycles. The van der Waals surface area contributed by atoms with Crippen LogP contribution in [0.15, 0.2) is 71.3 Å². The zero-order valence-electron chi connectivity index (χ0n) is 15.3. The Hall–Kier alpha value is -4.27. The van der Waals surface area contributed by atoms with Gasteiger partial charge in [0.1, 0.15) is 5.82 Å². The first-order valence-corrected chi connectivity index (χ1v) is 8.66. The lowest BCUT2D eigenvalue weighted by molar-refractivity contribution is -0.384. The maximum Gasteiger partial charge on any atom is 0.279 e. The molecule has 4 aromatic rings. The van der Waals surface area contributed by atoms with Gasteiger partial charge in [-0.3, -0.25) is 14.9 Å². The van der Waals surface area contributed by atoms with Crippen LogP contribution in [0.3, 0.4) is 0 Å². The van der Waals surface area contributed by atoms with Gasteiger partial charge in [-0.2, -0.15) is 5.10 Å². The number of carbonyl (C=O) groups is 1. The molecule has 1 N–H and O–H groups in total. The lowest BCUT2D eigenvalue weighted by atomic mass is 10.1. The number of carbonyl (C=O) groups excluding carboxylic acids is 1. The number of amides is 1. The molecular formula is C20H15N5O4. The van der Waals surface area contributed by atoms with E-state index < -0.39 is 10.8 Å². The predicted molar refractivity (Wildman–Crippen MR) is 105 cm³/mol. The second-order valence-corrected chi connectivity index (χ2v) is 6.25. The molecule has 0 fully saturated rings. The summed E-state index contributed by atoms with van der Waals surface area (Å²) in [6, 6.07) is 18.4. The van der Waals surface area contributed by atoms with E-state index in [0.717, 1.165) is 5.56 Å².